The van der Waals surface area contributed by atoms with E-state index in [2.05, 4.69) is 26.3 Å². The molecule has 1 aliphatic rings. The number of benzene rings is 1. The van der Waals surface area contributed by atoms with Crippen molar-refractivity contribution in [2.45, 2.75) is 44.7 Å². The smallest absolute Gasteiger partial charge is 0.433 e. The van der Waals surface area contributed by atoms with Crippen LogP contribution in [-0.4, -0.2) is 20.1 Å². The van der Waals surface area contributed by atoms with Gasteiger partial charge in [-0.25, -0.2) is 15.0 Å². The monoisotopic (exact) mass is 459 g/mol. The lowest BCUT2D eigenvalue weighted by atomic mass is 9.80. The van der Waals surface area contributed by atoms with Crippen LogP contribution < -0.4 is 5.32 Å². The minimum absolute atomic E-state index is 0.000636. The lowest BCUT2D eigenvalue weighted by Crippen LogP contribution is -2.15. The van der Waals surface area contributed by atoms with Crippen LogP contribution >= 0.6 is 11.3 Å². The highest BCUT2D eigenvalue weighted by atomic mass is 32.1. The van der Waals surface area contributed by atoms with Gasteiger partial charge in [-0.3, -0.25) is 0 Å². The Morgan fingerprint density at radius 3 is 2.72 bits per heavy atom. The molecule has 0 amide bonds. The molecule has 0 radical (unpaired) electrons. The summed E-state index contributed by atoms with van der Waals surface area (Å²) in [5, 5.41) is 23.5. The third kappa shape index (κ3) is 4.67. The first-order valence-corrected chi connectivity index (χ1v) is 10.9. The average Bonchev–Trinajstić information content (AvgIpc) is 3.14. The maximum Gasteiger partial charge on any atom is 0.433 e. The molecule has 2 N–H and O–H groups in total. The molecular weight excluding hydrogens is 439 g/mol. The third-order valence-corrected chi connectivity index (χ3v) is 6.64. The normalized spacial score (nSPS) is 18.8. The number of nitrogens with zero attached hydrogens (tertiary/aromatic N) is 4. The highest BCUT2D eigenvalue weighted by Gasteiger charge is 2.33. The Balaban J connectivity index is 1.64. The van der Waals surface area contributed by atoms with Gasteiger partial charge in [0.2, 0.25) is 11.8 Å². The fourth-order valence-electron chi connectivity index (χ4n) is 3.95. The van der Waals surface area contributed by atoms with Crippen LogP contribution in [0.3, 0.4) is 0 Å². The van der Waals surface area contributed by atoms with Crippen LogP contribution in [0.4, 0.5) is 24.8 Å². The van der Waals surface area contributed by atoms with E-state index in [1.54, 1.807) is 12.1 Å². The first kappa shape index (κ1) is 22.0. The molecular formula is C22H20F3N5OS. The maximum atomic E-state index is 12.9. The predicted octanol–water partition coefficient (Wildman–Crippen LogP) is 6.17. The van der Waals surface area contributed by atoms with E-state index >= 15 is 0 Å². The number of nitriles is 1. The molecule has 32 heavy (non-hydrogen) atoms. The number of thiazole rings is 1. The highest BCUT2D eigenvalue weighted by Crippen LogP contribution is 2.44. The minimum Gasteiger partial charge on any atom is -0.492 e. The van der Waals surface area contributed by atoms with Crippen LogP contribution in [0.5, 0.6) is 5.88 Å². The van der Waals surface area contributed by atoms with Crippen LogP contribution in [0, 0.1) is 24.2 Å². The molecule has 4 rings (SSSR count). The van der Waals surface area contributed by atoms with Gasteiger partial charge >= 0.3 is 6.18 Å². The molecule has 2 atom stereocenters. The third-order valence-electron chi connectivity index (χ3n) is 5.42. The molecule has 1 saturated carbocycles. The number of halogens is 3. The Morgan fingerprint density at radius 2 is 1.97 bits per heavy atom. The van der Waals surface area contributed by atoms with Gasteiger partial charge in [-0.1, -0.05) is 18.9 Å². The number of aryl methyl sites for hydroxylation is 1. The number of hydrogen-bond donors (Lipinski definition) is 2. The van der Waals surface area contributed by atoms with Crippen molar-refractivity contribution in [3.8, 4) is 22.4 Å². The number of rotatable bonds is 4. The molecule has 1 fully saturated rings. The van der Waals surface area contributed by atoms with Gasteiger partial charge in [0.25, 0.3) is 0 Å². The summed E-state index contributed by atoms with van der Waals surface area (Å²) in [5.74, 6) is -0.405. The number of aromatic hydroxyl groups is 1. The molecule has 1 aromatic carbocycles. The van der Waals surface area contributed by atoms with Crippen molar-refractivity contribution in [2.24, 2.45) is 5.92 Å². The quantitative estimate of drug-likeness (QED) is 0.484. The zero-order valence-electron chi connectivity index (χ0n) is 17.1. The summed E-state index contributed by atoms with van der Waals surface area (Å²) in [7, 11) is 0. The lowest BCUT2D eigenvalue weighted by molar-refractivity contribution is -0.141. The van der Waals surface area contributed by atoms with E-state index in [4.69, 9.17) is 0 Å². The second-order valence-electron chi connectivity index (χ2n) is 7.81. The summed E-state index contributed by atoms with van der Waals surface area (Å²) in [6.07, 6.45) is 0.205. The minimum atomic E-state index is -4.57. The largest absolute Gasteiger partial charge is 0.492 e. The Hall–Kier alpha value is -3.19. The summed E-state index contributed by atoms with van der Waals surface area (Å²) >= 11 is 1.35. The molecule has 10 heteroatoms. The number of hydrogen-bond acceptors (Lipinski definition) is 7. The van der Waals surface area contributed by atoms with E-state index in [1.165, 1.54) is 11.3 Å². The topological polar surface area (TPSA) is 94.7 Å². The summed E-state index contributed by atoms with van der Waals surface area (Å²) in [4.78, 5) is 12.3. The average molecular weight is 459 g/mol. The molecule has 2 heterocycles. The molecule has 1 aliphatic carbocycles. The van der Waals surface area contributed by atoms with E-state index in [0.29, 0.717) is 16.1 Å². The Morgan fingerprint density at radius 1 is 1.19 bits per heavy atom. The van der Waals surface area contributed by atoms with Crippen molar-refractivity contribution in [1.29, 1.82) is 5.26 Å². The van der Waals surface area contributed by atoms with Crippen molar-refractivity contribution in [3.05, 3.63) is 46.7 Å². The van der Waals surface area contributed by atoms with Crippen LogP contribution in [0.25, 0.3) is 10.4 Å². The molecule has 3 aromatic rings. The zero-order valence-corrected chi connectivity index (χ0v) is 18.0. The first-order valence-electron chi connectivity index (χ1n) is 10.1. The molecule has 166 valence electrons. The fraction of sp³-hybridized carbons (Fsp3) is 0.364. The van der Waals surface area contributed by atoms with Gasteiger partial charge in [-0.05, 0) is 49.1 Å². The fourth-order valence-corrected chi connectivity index (χ4v) is 5.10. The van der Waals surface area contributed by atoms with Gasteiger partial charge in [0.15, 0.2) is 0 Å². The Kier molecular flexibility index (Phi) is 6.02. The number of alkyl halides is 3. The molecule has 2 unspecified atom stereocenters. The van der Waals surface area contributed by atoms with Gasteiger partial charge in [0, 0.05) is 17.8 Å². The van der Waals surface area contributed by atoms with Crippen molar-refractivity contribution in [3.63, 3.8) is 0 Å². The second-order valence-corrected chi connectivity index (χ2v) is 8.84. The van der Waals surface area contributed by atoms with E-state index in [1.807, 2.05) is 13.0 Å². The van der Waals surface area contributed by atoms with Crippen molar-refractivity contribution in [1.82, 2.24) is 15.0 Å². The standard InChI is InChI=1S/C22H20F3N5OS/c1-12-8-14(10-15(9-12)28-21-27-7-6-17(29-21)22(23,24)25)18-19(31)30-20(32-18)16-5-3-2-4-13(16)11-26/h6-10,13,16,31H,2-5H2,1H3,(H,27,28,29). The van der Waals surface area contributed by atoms with Gasteiger partial charge in [0.05, 0.1) is 16.9 Å². The predicted molar refractivity (Wildman–Crippen MR) is 115 cm³/mol. The molecule has 6 nitrogen and oxygen atoms in total. The maximum absolute atomic E-state index is 12.9. The van der Waals surface area contributed by atoms with E-state index in [0.717, 1.165) is 48.5 Å². The van der Waals surface area contributed by atoms with Gasteiger partial charge in [0.1, 0.15) is 10.7 Å². The molecule has 0 bridgehead atoms. The molecule has 0 aliphatic heterocycles. The summed E-state index contributed by atoms with van der Waals surface area (Å²) in [6, 6.07) is 8.48. The van der Waals surface area contributed by atoms with Gasteiger partial charge < -0.3 is 10.4 Å². The van der Waals surface area contributed by atoms with Crippen LogP contribution in [-0.2, 0) is 6.18 Å². The van der Waals surface area contributed by atoms with Crippen LogP contribution in [0.1, 0.15) is 47.9 Å². The number of anilines is 2. The van der Waals surface area contributed by atoms with Crippen LogP contribution in [0.2, 0.25) is 0 Å². The summed E-state index contributed by atoms with van der Waals surface area (Å²) in [6.45, 7) is 1.84. The van der Waals surface area contributed by atoms with Crippen molar-refractivity contribution in [2.75, 3.05) is 5.32 Å². The van der Waals surface area contributed by atoms with E-state index < -0.39 is 11.9 Å². The molecule has 0 saturated heterocycles. The number of aromatic nitrogens is 3. The Bertz CT molecular complexity index is 1170. The van der Waals surface area contributed by atoms with Crippen LogP contribution in [0.15, 0.2) is 30.5 Å². The second kappa shape index (κ2) is 8.74. The lowest BCUT2D eigenvalue weighted by Gasteiger charge is -2.24. The Labute approximate surface area is 186 Å². The van der Waals surface area contributed by atoms with Crippen molar-refractivity contribution < 1.29 is 18.3 Å². The molecule has 2 aromatic heterocycles. The van der Waals surface area contributed by atoms with E-state index in [-0.39, 0.29) is 23.7 Å². The van der Waals surface area contributed by atoms with Gasteiger partial charge in [-0.15, -0.1) is 11.3 Å². The SMILES string of the molecule is Cc1cc(Nc2nccc(C(F)(F)F)n2)cc(-c2sc(C3CCCCC3C#N)nc2O)c1. The summed E-state index contributed by atoms with van der Waals surface area (Å²) < 4.78 is 38.8. The van der Waals surface area contributed by atoms with Crippen molar-refractivity contribution >= 4 is 23.0 Å². The highest BCUT2D eigenvalue weighted by molar-refractivity contribution is 7.15. The molecule has 0 spiro atoms. The van der Waals surface area contributed by atoms with Gasteiger partial charge in [-0.2, -0.15) is 18.4 Å². The summed E-state index contributed by atoms with van der Waals surface area (Å²) in [5.41, 5.74) is 0.956. The van der Waals surface area contributed by atoms with E-state index in [9.17, 15) is 23.5 Å². The first-order chi connectivity index (χ1) is 15.2. The number of nitrogens with one attached hydrogen (secondary N) is 1. The zero-order chi connectivity index (χ0) is 22.9.